The fourth-order valence-corrected chi connectivity index (χ4v) is 4.90. The van der Waals surface area contributed by atoms with Crippen LogP contribution in [-0.4, -0.2) is 41.7 Å². The number of aryl methyl sites for hydroxylation is 1. The number of rotatable bonds is 6. The first kappa shape index (κ1) is 21.0. The van der Waals surface area contributed by atoms with Crippen molar-refractivity contribution in [3.05, 3.63) is 41.0 Å². The van der Waals surface area contributed by atoms with Crippen LogP contribution >= 0.6 is 11.3 Å². The Morgan fingerprint density at radius 2 is 1.87 bits per heavy atom. The van der Waals surface area contributed by atoms with Crippen LogP contribution in [-0.2, 0) is 19.1 Å². The van der Waals surface area contributed by atoms with Gasteiger partial charge in [0.15, 0.2) is 0 Å². The molecule has 0 bridgehead atoms. The van der Waals surface area contributed by atoms with Gasteiger partial charge >= 0.3 is 5.97 Å². The van der Waals surface area contributed by atoms with E-state index in [4.69, 9.17) is 9.15 Å². The topological polar surface area (TPSA) is 106 Å². The smallest absolute Gasteiger partial charge is 0.341 e. The number of carbonyl (C=O) groups is 4. The molecule has 3 amide bonds. The lowest BCUT2D eigenvalue weighted by atomic mass is 9.85. The molecule has 0 saturated carbocycles. The van der Waals surface area contributed by atoms with Crippen LogP contribution in [0.25, 0.3) is 11.3 Å². The number of ether oxygens (including phenoxy) is 1. The first-order valence-electron chi connectivity index (χ1n) is 10.1. The summed E-state index contributed by atoms with van der Waals surface area (Å²) in [6, 6.07) is 3.52. The summed E-state index contributed by atoms with van der Waals surface area (Å²) in [5, 5.41) is 4.66. The van der Waals surface area contributed by atoms with Gasteiger partial charge in [-0.05, 0) is 38.8 Å². The van der Waals surface area contributed by atoms with Crippen LogP contribution in [0.1, 0.15) is 35.9 Å². The molecule has 1 aliphatic carbocycles. The first-order valence-corrected chi connectivity index (χ1v) is 10.9. The summed E-state index contributed by atoms with van der Waals surface area (Å²) in [6.45, 7) is 3.27. The summed E-state index contributed by atoms with van der Waals surface area (Å²) < 4.78 is 10.8. The molecule has 0 radical (unpaired) electrons. The van der Waals surface area contributed by atoms with Gasteiger partial charge in [-0.15, -0.1) is 11.3 Å². The molecule has 1 aliphatic heterocycles. The molecule has 3 heterocycles. The molecule has 31 heavy (non-hydrogen) atoms. The van der Waals surface area contributed by atoms with Crippen LogP contribution in [0.3, 0.4) is 0 Å². The molecule has 2 aliphatic rings. The number of hydrogen-bond acceptors (Lipinski definition) is 7. The molecule has 0 aromatic carbocycles. The Hall–Kier alpha value is -3.20. The maximum Gasteiger partial charge on any atom is 0.341 e. The van der Waals surface area contributed by atoms with Gasteiger partial charge < -0.3 is 14.5 Å². The zero-order chi connectivity index (χ0) is 22.1. The average molecular weight is 442 g/mol. The number of fused-ring (bicyclic) bond motifs is 1. The molecule has 0 unspecified atom stereocenters. The van der Waals surface area contributed by atoms with Crippen molar-refractivity contribution in [1.82, 2.24) is 4.90 Å². The Morgan fingerprint density at radius 3 is 2.45 bits per heavy atom. The Balaban J connectivity index is 1.54. The SMILES string of the molecule is CCOC(=O)c1c(-c2ccc(C)o2)csc1NC(=O)CN1C(=O)[C@@H]2CC=CC[C@H]2C1=O. The van der Waals surface area contributed by atoms with E-state index in [0.717, 1.165) is 16.2 Å². The lowest BCUT2D eigenvalue weighted by Gasteiger charge is -2.14. The van der Waals surface area contributed by atoms with Crippen molar-refractivity contribution in [2.75, 3.05) is 18.5 Å². The van der Waals surface area contributed by atoms with Crippen molar-refractivity contribution in [2.45, 2.75) is 26.7 Å². The monoisotopic (exact) mass is 442 g/mol. The van der Waals surface area contributed by atoms with Crippen LogP contribution in [0.2, 0.25) is 0 Å². The van der Waals surface area contributed by atoms with Gasteiger partial charge in [0.05, 0.1) is 18.4 Å². The van der Waals surface area contributed by atoms with Gasteiger partial charge in [-0.25, -0.2) is 4.79 Å². The number of nitrogens with zero attached hydrogens (tertiary/aromatic N) is 1. The second-order valence-corrected chi connectivity index (χ2v) is 8.33. The van der Waals surface area contributed by atoms with Crippen molar-refractivity contribution < 1.29 is 28.3 Å². The van der Waals surface area contributed by atoms with Gasteiger partial charge in [-0.1, -0.05) is 12.2 Å². The van der Waals surface area contributed by atoms with E-state index in [1.54, 1.807) is 31.4 Å². The summed E-state index contributed by atoms with van der Waals surface area (Å²) >= 11 is 1.15. The number of anilines is 1. The number of nitrogens with one attached hydrogen (secondary N) is 1. The van der Waals surface area contributed by atoms with E-state index >= 15 is 0 Å². The highest BCUT2D eigenvalue weighted by atomic mass is 32.1. The van der Waals surface area contributed by atoms with Crippen LogP contribution in [0, 0.1) is 18.8 Å². The molecule has 2 aromatic rings. The molecule has 9 heteroatoms. The van der Waals surface area contributed by atoms with Crippen LogP contribution in [0.15, 0.2) is 34.1 Å². The number of allylic oxidation sites excluding steroid dienone is 2. The zero-order valence-corrected chi connectivity index (χ0v) is 18.0. The fourth-order valence-electron chi connectivity index (χ4n) is 3.95. The first-order chi connectivity index (χ1) is 14.9. The number of thiophene rings is 1. The predicted octanol–water partition coefficient (Wildman–Crippen LogP) is 3.38. The Labute approximate surface area is 182 Å². The summed E-state index contributed by atoms with van der Waals surface area (Å²) in [7, 11) is 0. The molecular weight excluding hydrogens is 420 g/mol. The number of furan rings is 1. The van der Waals surface area contributed by atoms with E-state index in [-0.39, 0.29) is 35.5 Å². The summed E-state index contributed by atoms with van der Waals surface area (Å²) in [4.78, 5) is 51.5. The fraction of sp³-hybridized carbons (Fsp3) is 0.364. The van der Waals surface area contributed by atoms with Crippen LogP contribution in [0.4, 0.5) is 5.00 Å². The van der Waals surface area contributed by atoms with Gasteiger partial charge in [0, 0.05) is 10.9 Å². The van der Waals surface area contributed by atoms with Crippen molar-refractivity contribution in [1.29, 1.82) is 0 Å². The average Bonchev–Trinajstić information content (AvgIpc) is 3.42. The normalized spacial score (nSPS) is 20.1. The molecular formula is C22H22N2O6S. The van der Waals surface area contributed by atoms with E-state index in [9.17, 15) is 19.2 Å². The lowest BCUT2D eigenvalue weighted by molar-refractivity contribution is -0.142. The molecule has 1 fully saturated rings. The zero-order valence-electron chi connectivity index (χ0n) is 17.2. The van der Waals surface area contributed by atoms with E-state index in [2.05, 4.69) is 5.32 Å². The second kappa shape index (κ2) is 8.50. The van der Waals surface area contributed by atoms with Gasteiger partial charge in [0.25, 0.3) is 0 Å². The van der Waals surface area contributed by atoms with Gasteiger partial charge in [-0.3, -0.25) is 19.3 Å². The molecule has 1 N–H and O–H groups in total. The highest BCUT2D eigenvalue weighted by Gasteiger charge is 2.47. The largest absolute Gasteiger partial charge is 0.462 e. The number of carbonyl (C=O) groups excluding carboxylic acids is 4. The molecule has 8 nitrogen and oxygen atoms in total. The summed E-state index contributed by atoms with van der Waals surface area (Å²) in [6.07, 6.45) is 4.81. The Morgan fingerprint density at radius 1 is 1.19 bits per heavy atom. The predicted molar refractivity (Wildman–Crippen MR) is 113 cm³/mol. The maximum absolute atomic E-state index is 12.7. The molecule has 1 saturated heterocycles. The second-order valence-electron chi connectivity index (χ2n) is 7.45. The third kappa shape index (κ3) is 3.93. The molecule has 162 valence electrons. The molecule has 2 atom stereocenters. The Bertz CT molecular complexity index is 1060. The van der Waals surface area contributed by atoms with Gasteiger partial charge in [-0.2, -0.15) is 0 Å². The number of hydrogen-bond donors (Lipinski definition) is 1. The minimum atomic E-state index is -0.589. The minimum absolute atomic E-state index is 0.173. The van der Waals surface area contributed by atoms with Crippen molar-refractivity contribution >= 4 is 40.0 Å². The van der Waals surface area contributed by atoms with Gasteiger partial charge in [0.2, 0.25) is 17.7 Å². The number of likely N-dealkylation sites (tertiary alicyclic amines) is 1. The van der Waals surface area contributed by atoms with E-state index < -0.39 is 23.7 Å². The van der Waals surface area contributed by atoms with Crippen molar-refractivity contribution in [3.63, 3.8) is 0 Å². The standard InChI is InChI=1S/C22H22N2O6S/c1-3-29-22(28)18-15(16-9-8-12(2)30-16)11-31-19(18)23-17(25)10-24-20(26)13-6-4-5-7-14(13)21(24)27/h4-5,8-9,11,13-14H,3,6-7,10H2,1-2H3,(H,23,25)/t13-,14-/m1/s1. The van der Waals surface area contributed by atoms with Crippen molar-refractivity contribution in [3.8, 4) is 11.3 Å². The molecule has 4 rings (SSSR count). The Kier molecular flexibility index (Phi) is 5.77. The molecule has 2 aromatic heterocycles. The van der Waals surface area contributed by atoms with Crippen LogP contribution in [0.5, 0.6) is 0 Å². The summed E-state index contributed by atoms with van der Waals surface area (Å²) in [5.74, 6) is -1.40. The highest BCUT2D eigenvalue weighted by molar-refractivity contribution is 7.15. The van der Waals surface area contributed by atoms with Crippen molar-refractivity contribution in [2.24, 2.45) is 11.8 Å². The number of esters is 1. The third-order valence-corrected chi connectivity index (χ3v) is 6.33. The minimum Gasteiger partial charge on any atom is -0.462 e. The lowest BCUT2D eigenvalue weighted by Crippen LogP contribution is -2.38. The number of amides is 3. The number of imide groups is 1. The summed E-state index contributed by atoms with van der Waals surface area (Å²) in [5.41, 5.74) is 0.698. The van der Waals surface area contributed by atoms with Crippen LogP contribution < -0.4 is 5.32 Å². The maximum atomic E-state index is 12.7. The van der Waals surface area contributed by atoms with Gasteiger partial charge in [0.1, 0.15) is 28.6 Å². The molecule has 0 spiro atoms. The van der Waals surface area contributed by atoms with E-state index in [0.29, 0.717) is 29.9 Å². The highest BCUT2D eigenvalue weighted by Crippen LogP contribution is 2.38. The third-order valence-electron chi connectivity index (χ3n) is 5.43. The quantitative estimate of drug-likeness (QED) is 0.418. The van der Waals surface area contributed by atoms with E-state index in [1.807, 2.05) is 12.2 Å². The van der Waals surface area contributed by atoms with E-state index in [1.165, 1.54) is 0 Å².